The van der Waals surface area contributed by atoms with E-state index in [1.807, 2.05) is 0 Å². The Kier molecular flexibility index (Phi) is 5.16. The molecule has 0 fully saturated rings. The molecule has 0 aliphatic carbocycles. The number of nitrogens with zero attached hydrogens (tertiary/aromatic N) is 3. The number of allylic oxidation sites excluding steroid dienone is 1. The molecule has 24 heavy (non-hydrogen) atoms. The van der Waals surface area contributed by atoms with E-state index < -0.39 is 11.7 Å². The van der Waals surface area contributed by atoms with Crippen LogP contribution >= 0.6 is 0 Å². The van der Waals surface area contributed by atoms with Crippen molar-refractivity contribution in [1.29, 1.82) is 0 Å². The minimum absolute atomic E-state index is 0.154. The lowest BCUT2D eigenvalue weighted by molar-refractivity contribution is -0.137. The van der Waals surface area contributed by atoms with Gasteiger partial charge in [0.05, 0.1) is 11.1 Å². The lowest BCUT2D eigenvalue weighted by atomic mass is 10.1. The second kappa shape index (κ2) is 7.28. The molecule has 1 aromatic carbocycles. The molecule has 0 aliphatic heterocycles. The number of anilines is 1. The third kappa shape index (κ3) is 4.58. The Morgan fingerprint density at radius 3 is 2.38 bits per heavy atom. The average molecular weight is 331 g/mol. The second-order valence-electron chi connectivity index (χ2n) is 4.47. The zero-order valence-electron chi connectivity index (χ0n) is 12.2. The van der Waals surface area contributed by atoms with Crippen molar-refractivity contribution in [3.63, 3.8) is 0 Å². The van der Waals surface area contributed by atoms with E-state index >= 15 is 0 Å². The van der Waals surface area contributed by atoms with Crippen molar-refractivity contribution in [2.24, 2.45) is 10.7 Å². The molecule has 0 saturated heterocycles. The van der Waals surface area contributed by atoms with Crippen molar-refractivity contribution in [2.75, 3.05) is 5.73 Å². The predicted molar refractivity (Wildman–Crippen MR) is 85.2 cm³/mol. The summed E-state index contributed by atoms with van der Waals surface area (Å²) in [5, 5.41) is 0. The van der Waals surface area contributed by atoms with Crippen LogP contribution in [0.15, 0.2) is 53.4 Å². The monoisotopic (exact) mass is 331 g/mol. The average Bonchev–Trinajstić information content (AvgIpc) is 2.56. The maximum absolute atomic E-state index is 12.5. The molecule has 1 aromatic heterocycles. The van der Waals surface area contributed by atoms with Crippen LogP contribution in [0.4, 0.5) is 24.8 Å². The first-order chi connectivity index (χ1) is 11.4. The molecule has 0 amide bonds. The first-order valence-electron chi connectivity index (χ1n) is 6.62. The van der Waals surface area contributed by atoms with Crippen LogP contribution in [-0.2, 0) is 6.18 Å². The van der Waals surface area contributed by atoms with Crippen molar-refractivity contribution < 1.29 is 13.2 Å². The van der Waals surface area contributed by atoms with Crippen LogP contribution in [0.2, 0.25) is 0 Å². The summed E-state index contributed by atoms with van der Waals surface area (Å²) < 4.78 is 37.4. The number of alkyl halides is 3. The van der Waals surface area contributed by atoms with Gasteiger partial charge in [0.15, 0.2) is 11.6 Å². The van der Waals surface area contributed by atoms with Gasteiger partial charge in [0.2, 0.25) is 0 Å². The van der Waals surface area contributed by atoms with Crippen molar-refractivity contribution in [2.45, 2.75) is 6.18 Å². The van der Waals surface area contributed by atoms with Crippen molar-refractivity contribution >= 4 is 17.9 Å². The van der Waals surface area contributed by atoms with Gasteiger partial charge in [0.1, 0.15) is 0 Å². The van der Waals surface area contributed by atoms with E-state index in [9.17, 15) is 13.2 Å². The fraction of sp³-hybridized carbons (Fsp3) is 0.0625. The van der Waals surface area contributed by atoms with Crippen molar-refractivity contribution in [1.82, 2.24) is 9.97 Å². The van der Waals surface area contributed by atoms with Crippen LogP contribution in [0.5, 0.6) is 0 Å². The summed E-state index contributed by atoms with van der Waals surface area (Å²) in [4.78, 5) is 11.8. The van der Waals surface area contributed by atoms with E-state index in [0.29, 0.717) is 11.1 Å². The van der Waals surface area contributed by atoms with Gasteiger partial charge < -0.3 is 11.5 Å². The molecule has 0 radical (unpaired) electrons. The first kappa shape index (κ1) is 17.0. The highest BCUT2D eigenvalue weighted by Gasteiger charge is 2.29. The first-order valence-corrected chi connectivity index (χ1v) is 6.62. The Morgan fingerprint density at radius 1 is 1.12 bits per heavy atom. The molecular weight excluding hydrogens is 319 g/mol. The molecule has 0 bridgehead atoms. The molecular formula is C16H12F3N5. The van der Waals surface area contributed by atoms with Gasteiger partial charge in [0, 0.05) is 30.4 Å². The van der Waals surface area contributed by atoms with Gasteiger partial charge in [-0.3, -0.25) is 0 Å². The molecule has 1 heterocycles. The summed E-state index contributed by atoms with van der Waals surface area (Å²) >= 11 is 0. The minimum atomic E-state index is -4.38. The van der Waals surface area contributed by atoms with Crippen LogP contribution in [0.3, 0.4) is 0 Å². The third-order valence-electron chi connectivity index (χ3n) is 2.78. The Balaban J connectivity index is 2.15. The Morgan fingerprint density at radius 2 is 1.79 bits per heavy atom. The van der Waals surface area contributed by atoms with Crippen LogP contribution in [0, 0.1) is 11.8 Å². The normalized spacial score (nSPS) is 12.0. The number of hydrogen-bond acceptors (Lipinski definition) is 5. The van der Waals surface area contributed by atoms with Gasteiger partial charge >= 0.3 is 6.18 Å². The fourth-order valence-electron chi connectivity index (χ4n) is 1.58. The van der Waals surface area contributed by atoms with E-state index in [1.165, 1.54) is 36.9 Å². The highest BCUT2D eigenvalue weighted by atomic mass is 19.4. The summed E-state index contributed by atoms with van der Waals surface area (Å²) in [5.41, 5.74) is 11.1. The van der Waals surface area contributed by atoms with Gasteiger partial charge in [0.25, 0.3) is 0 Å². The van der Waals surface area contributed by atoms with Gasteiger partial charge in [-0.05, 0) is 24.3 Å². The number of aliphatic imine (C=N–C) groups is 1. The number of nitrogens with two attached hydrogens (primary N) is 2. The van der Waals surface area contributed by atoms with E-state index in [4.69, 9.17) is 11.5 Å². The topological polar surface area (TPSA) is 90.2 Å². The van der Waals surface area contributed by atoms with Gasteiger partial charge in [-0.2, -0.15) is 13.2 Å². The zero-order chi connectivity index (χ0) is 17.6. The Labute approximate surface area is 135 Å². The maximum Gasteiger partial charge on any atom is 0.416 e. The fourth-order valence-corrected chi connectivity index (χ4v) is 1.58. The third-order valence-corrected chi connectivity index (χ3v) is 2.78. The standard InChI is InChI=1S/C16H12F3N5/c17-16(18,19)13-5-3-11(4-6-13)1-2-12(9-20)10-24-15-14(21)22-7-8-23-15/h3-10H,20H2,(H2,21,22). The molecule has 2 aromatic rings. The van der Waals surface area contributed by atoms with E-state index in [0.717, 1.165) is 12.1 Å². The van der Waals surface area contributed by atoms with Crippen molar-refractivity contribution in [3.8, 4) is 11.8 Å². The number of aromatic nitrogens is 2. The minimum Gasteiger partial charge on any atom is -0.404 e. The second-order valence-corrected chi connectivity index (χ2v) is 4.47. The molecule has 8 heteroatoms. The lowest BCUT2D eigenvalue weighted by Crippen LogP contribution is -2.04. The molecule has 4 N–H and O–H groups in total. The number of nitrogen functional groups attached to an aromatic ring is 1. The number of hydrogen-bond donors (Lipinski definition) is 2. The zero-order valence-corrected chi connectivity index (χ0v) is 12.2. The smallest absolute Gasteiger partial charge is 0.404 e. The van der Waals surface area contributed by atoms with E-state index in [2.05, 4.69) is 26.8 Å². The molecule has 0 aliphatic rings. The van der Waals surface area contributed by atoms with Gasteiger partial charge in [-0.15, -0.1) is 0 Å². The summed E-state index contributed by atoms with van der Waals surface area (Å²) in [7, 11) is 0. The van der Waals surface area contributed by atoms with E-state index in [-0.39, 0.29) is 11.6 Å². The van der Waals surface area contributed by atoms with Crippen molar-refractivity contribution in [3.05, 3.63) is 59.6 Å². The SMILES string of the molecule is NC=C(C#Cc1ccc(C(F)(F)F)cc1)C=Nc1nccnc1N. The molecule has 2 rings (SSSR count). The largest absolute Gasteiger partial charge is 0.416 e. The molecule has 0 atom stereocenters. The molecule has 0 spiro atoms. The summed E-state index contributed by atoms with van der Waals surface area (Å²) in [6.45, 7) is 0. The van der Waals surface area contributed by atoms with E-state index in [1.54, 1.807) is 0 Å². The molecule has 5 nitrogen and oxygen atoms in total. The summed E-state index contributed by atoms with van der Waals surface area (Å²) in [6.07, 6.45) is 1.05. The number of benzene rings is 1. The molecule has 0 saturated carbocycles. The maximum atomic E-state index is 12.5. The van der Waals surface area contributed by atoms with Crippen LogP contribution in [0.25, 0.3) is 0 Å². The highest BCUT2D eigenvalue weighted by molar-refractivity contribution is 5.87. The quantitative estimate of drug-likeness (QED) is 0.654. The summed E-state index contributed by atoms with van der Waals surface area (Å²) in [6, 6.07) is 4.48. The molecule has 0 unspecified atom stereocenters. The number of halogens is 3. The Hall–Kier alpha value is -3.34. The number of rotatable bonds is 2. The van der Waals surface area contributed by atoms with Crippen LogP contribution in [-0.4, -0.2) is 16.2 Å². The highest BCUT2D eigenvalue weighted by Crippen LogP contribution is 2.28. The lowest BCUT2D eigenvalue weighted by Gasteiger charge is -2.05. The Bertz CT molecular complexity index is 827. The molecule has 122 valence electrons. The van der Waals surface area contributed by atoms with Gasteiger partial charge in [-0.1, -0.05) is 11.8 Å². The summed E-state index contributed by atoms with van der Waals surface area (Å²) in [5.74, 6) is 5.77. The van der Waals surface area contributed by atoms with Crippen LogP contribution in [0.1, 0.15) is 11.1 Å². The van der Waals surface area contributed by atoms with Gasteiger partial charge in [-0.25, -0.2) is 15.0 Å². The van der Waals surface area contributed by atoms with Crippen LogP contribution < -0.4 is 11.5 Å². The predicted octanol–water partition coefficient (Wildman–Crippen LogP) is 2.67.